The van der Waals surface area contributed by atoms with E-state index in [1.165, 1.54) is 0 Å². The minimum Gasteiger partial charge on any atom is -0.474 e. The fraction of sp³-hybridized carbons (Fsp3) is 0.174. The first kappa shape index (κ1) is 21.2. The van der Waals surface area contributed by atoms with E-state index in [2.05, 4.69) is 10.3 Å². The van der Waals surface area contributed by atoms with Crippen molar-refractivity contribution in [3.8, 4) is 5.88 Å². The summed E-state index contributed by atoms with van der Waals surface area (Å²) in [4.78, 5) is 31.6. The Labute approximate surface area is 189 Å². The quantitative estimate of drug-likeness (QED) is 0.605. The lowest BCUT2D eigenvalue weighted by molar-refractivity contribution is 0.0938. The summed E-state index contributed by atoms with van der Waals surface area (Å²) in [5, 5.41) is 3.97. The fourth-order valence-corrected chi connectivity index (χ4v) is 3.61. The number of aromatic nitrogens is 1. The van der Waals surface area contributed by atoms with Crippen LogP contribution in [0.4, 0.5) is 5.69 Å². The van der Waals surface area contributed by atoms with Gasteiger partial charge in [0.1, 0.15) is 12.3 Å². The molecule has 0 radical (unpaired) electrons. The number of hydrogen-bond donors (Lipinski definition) is 1. The van der Waals surface area contributed by atoms with Crippen molar-refractivity contribution < 1.29 is 14.3 Å². The van der Waals surface area contributed by atoms with Gasteiger partial charge in [0.15, 0.2) is 0 Å². The zero-order valence-electron chi connectivity index (χ0n) is 16.6. The van der Waals surface area contributed by atoms with Gasteiger partial charge in [-0.1, -0.05) is 29.3 Å². The number of anilines is 1. The van der Waals surface area contributed by atoms with Gasteiger partial charge in [-0.3, -0.25) is 9.59 Å². The highest BCUT2D eigenvalue weighted by atomic mass is 35.5. The third-order valence-corrected chi connectivity index (χ3v) is 5.41. The van der Waals surface area contributed by atoms with E-state index in [0.29, 0.717) is 51.6 Å². The van der Waals surface area contributed by atoms with Crippen LogP contribution in [0.3, 0.4) is 0 Å². The Morgan fingerprint density at radius 1 is 1.03 bits per heavy atom. The van der Waals surface area contributed by atoms with Crippen molar-refractivity contribution in [2.75, 3.05) is 18.1 Å². The number of benzene rings is 2. The highest BCUT2D eigenvalue weighted by Crippen LogP contribution is 2.32. The van der Waals surface area contributed by atoms with Gasteiger partial charge in [0, 0.05) is 21.2 Å². The molecule has 0 spiro atoms. The first-order valence-corrected chi connectivity index (χ1v) is 10.5. The zero-order chi connectivity index (χ0) is 22.0. The Morgan fingerprint density at radius 2 is 1.81 bits per heavy atom. The molecule has 158 valence electrons. The van der Waals surface area contributed by atoms with Gasteiger partial charge in [-0.25, -0.2) is 4.98 Å². The van der Waals surface area contributed by atoms with Gasteiger partial charge >= 0.3 is 0 Å². The molecule has 0 unspecified atom stereocenters. The van der Waals surface area contributed by atoms with Crippen LogP contribution in [0.5, 0.6) is 5.88 Å². The first-order chi connectivity index (χ1) is 14.9. The lowest BCUT2D eigenvalue weighted by Crippen LogP contribution is -2.38. The molecule has 4 rings (SSSR count). The van der Waals surface area contributed by atoms with Crippen LogP contribution in [0.25, 0.3) is 0 Å². The van der Waals surface area contributed by atoms with Crippen molar-refractivity contribution in [2.24, 2.45) is 0 Å². The molecule has 1 N–H and O–H groups in total. The van der Waals surface area contributed by atoms with Crippen LogP contribution in [0.1, 0.15) is 39.4 Å². The summed E-state index contributed by atoms with van der Waals surface area (Å²) in [7, 11) is 0. The number of pyridine rings is 1. The Hall–Kier alpha value is -3.09. The summed E-state index contributed by atoms with van der Waals surface area (Å²) in [5.74, 6) is -0.0558. The first-order valence-electron chi connectivity index (χ1n) is 9.70. The van der Waals surface area contributed by atoms with E-state index in [9.17, 15) is 9.59 Å². The van der Waals surface area contributed by atoms with Crippen LogP contribution in [0, 0.1) is 0 Å². The molecule has 1 aliphatic heterocycles. The molecule has 2 aromatic carbocycles. The molecule has 1 aromatic heterocycles. The predicted octanol–water partition coefficient (Wildman–Crippen LogP) is 4.92. The summed E-state index contributed by atoms with van der Waals surface area (Å²) in [6.07, 6.45) is 0. The Bertz CT molecular complexity index is 1140. The van der Waals surface area contributed by atoms with Gasteiger partial charge < -0.3 is 15.0 Å². The van der Waals surface area contributed by atoms with Crippen LogP contribution in [0.2, 0.25) is 10.0 Å². The molecule has 1 aliphatic rings. The number of hydrogen-bond acceptors (Lipinski definition) is 4. The topological polar surface area (TPSA) is 71.5 Å². The van der Waals surface area contributed by atoms with Crippen LogP contribution in [-0.2, 0) is 0 Å². The summed E-state index contributed by atoms with van der Waals surface area (Å²) < 4.78 is 5.70. The summed E-state index contributed by atoms with van der Waals surface area (Å²) in [6.45, 7) is 2.56. The molecule has 0 bridgehead atoms. The maximum Gasteiger partial charge on any atom is 0.258 e. The number of nitrogens with one attached hydrogen (secondary N) is 1. The van der Waals surface area contributed by atoms with E-state index < -0.39 is 0 Å². The molecular formula is C23H19Cl2N3O3. The standard InChI is InChI=1S/C23H19Cl2N3O3/c1-14(26-21(29)15-5-7-17(24)8-6-15)19-9-10-20-22(27-19)31-12-11-28(20)23(30)16-3-2-4-18(25)13-16/h2-10,13-14H,11-12H2,1H3,(H,26,29)/t14-/m0/s1. The molecule has 0 saturated carbocycles. The van der Waals surface area contributed by atoms with Crippen molar-refractivity contribution in [2.45, 2.75) is 13.0 Å². The molecule has 2 heterocycles. The maximum absolute atomic E-state index is 13.0. The summed E-state index contributed by atoms with van der Waals surface area (Å²) >= 11 is 11.9. The smallest absolute Gasteiger partial charge is 0.258 e. The van der Waals surface area contributed by atoms with Crippen molar-refractivity contribution in [3.05, 3.63) is 87.5 Å². The molecule has 6 nitrogen and oxygen atoms in total. The van der Waals surface area contributed by atoms with E-state index in [1.54, 1.807) is 65.6 Å². The Morgan fingerprint density at radius 3 is 2.55 bits per heavy atom. The van der Waals surface area contributed by atoms with Gasteiger partial charge in [0.25, 0.3) is 11.8 Å². The highest BCUT2D eigenvalue weighted by molar-refractivity contribution is 6.31. The van der Waals surface area contributed by atoms with Crippen LogP contribution < -0.4 is 15.0 Å². The molecule has 2 amide bonds. The highest BCUT2D eigenvalue weighted by Gasteiger charge is 2.27. The molecule has 31 heavy (non-hydrogen) atoms. The number of rotatable bonds is 4. The SMILES string of the molecule is C[C@H](NC(=O)c1ccc(Cl)cc1)c1ccc2c(n1)OCCN2C(=O)c1cccc(Cl)c1. The van der Waals surface area contributed by atoms with Gasteiger partial charge in [-0.15, -0.1) is 0 Å². The van der Waals surface area contributed by atoms with E-state index in [1.807, 2.05) is 6.92 Å². The average molecular weight is 456 g/mol. The largest absolute Gasteiger partial charge is 0.474 e. The molecule has 3 aromatic rings. The van der Waals surface area contributed by atoms with Crippen molar-refractivity contribution in [1.82, 2.24) is 10.3 Å². The zero-order valence-corrected chi connectivity index (χ0v) is 18.2. The number of ether oxygens (including phenoxy) is 1. The van der Waals surface area contributed by atoms with Crippen molar-refractivity contribution in [3.63, 3.8) is 0 Å². The second-order valence-electron chi connectivity index (χ2n) is 7.08. The molecule has 1 atom stereocenters. The number of carbonyl (C=O) groups is 2. The molecule has 0 fully saturated rings. The van der Waals surface area contributed by atoms with Gasteiger partial charge in [0.2, 0.25) is 5.88 Å². The third kappa shape index (κ3) is 4.65. The van der Waals surface area contributed by atoms with Crippen molar-refractivity contribution >= 4 is 40.7 Å². The maximum atomic E-state index is 13.0. The van der Waals surface area contributed by atoms with Crippen LogP contribution in [0.15, 0.2) is 60.7 Å². The average Bonchev–Trinajstić information content (AvgIpc) is 2.78. The monoisotopic (exact) mass is 455 g/mol. The Balaban J connectivity index is 1.53. The number of carbonyl (C=O) groups excluding carboxylic acids is 2. The van der Waals surface area contributed by atoms with E-state index in [-0.39, 0.29) is 17.9 Å². The minimum absolute atomic E-state index is 0.175. The number of nitrogens with zero attached hydrogens (tertiary/aromatic N) is 2. The molecule has 0 aliphatic carbocycles. The van der Waals surface area contributed by atoms with Crippen LogP contribution >= 0.6 is 23.2 Å². The minimum atomic E-state index is -0.365. The lowest BCUT2D eigenvalue weighted by atomic mass is 10.1. The molecular weight excluding hydrogens is 437 g/mol. The molecule has 8 heteroatoms. The van der Waals surface area contributed by atoms with Gasteiger partial charge in [-0.05, 0) is 61.5 Å². The fourth-order valence-electron chi connectivity index (χ4n) is 3.30. The normalized spacial score (nSPS) is 13.7. The number of fused-ring (bicyclic) bond motifs is 1. The van der Waals surface area contributed by atoms with E-state index in [0.717, 1.165) is 0 Å². The second kappa shape index (κ2) is 8.96. The second-order valence-corrected chi connectivity index (χ2v) is 7.95. The van der Waals surface area contributed by atoms with Crippen molar-refractivity contribution in [1.29, 1.82) is 0 Å². The Kier molecular flexibility index (Phi) is 6.11. The summed E-state index contributed by atoms with van der Waals surface area (Å²) in [6, 6.07) is 16.7. The molecule has 0 saturated heterocycles. The van der Waals surface area contributed by atoms with E-state index >= 15 is 0 Å². The van der Waals surface area contributed by atoms with E-state index in [4.69, 9.17) is 27.9 Å². The third-order valence-electron chi connectivity index (χ3n) is 4.92. The van der Waals surface area contributed by atoms with Gasteiger partial charge in [-0.2, -0.15) is 0 Å². The number of amides is 2. The van der Waals surface area contributed by atoms with Crippen LogP contribution in [-0.4, -0.2) is 29.9 Å². The van der Waals surface area contributed by atoms with Gasteiger partial charge in [0.05, 0.1) is 18.3 Å². The summed E-state index contributed by atoms with van der Waals surface area (Å²) in [5.41, 5.74) is 2.20. The number of halogens is 2. The predicted molar refractivity (Wildman–Crippen MR) is 120 cm³/mol. The lowest BCUT2D eigenvalue weighted by Gasteiger charge is -2.29.